The van der Waals surface area contributed by atoms with Crippen LogP contribution in [0.25, 0.3) is 0 Å². The molecule has 100 valence electrons. The molecule has 1 atom stereocenters. The van der Waals surface area contributed by atoms with E-state index in [1.54, 1.807) is 28.6 Å². The highest BCUT2D eigenvalue weighted by Crippen LogP contribution is 2.28. The number of rotatable bonds is 3. The van der Waals surface area contributed by atoms with E-state index in [0.29, 0.717) is 28.3 Å². The van der Waals surface area contributed by atoms with E-state index in [9.17, 15) is 8.42 Å². The smallest absolute Gasteiger partial charge is 0.207 e. The molecule has 1 unspecified atom stereocenters. The zero-order valence-electron chi connectivity index (χ0n) is 9.85. The van der Waals surface area contributed by atoms with Gasteiger partial charge in [0.05, 0.1) is 4.90 Å². The van der Waals surface area contributed by atoms with Crippen LogP contribution in [0.2, 0.25) is 0 Å². The van der Waals surface area contributed by atoms with Crippen LogP contribution in [-0.4, -0.2) is 31.7 Å². The number of alkyl halides is 1. The van der Waals surface area contributed by atoms with Gasteiger partial charge < -0.3 is 0 Å². The van der Waals surface area contributed by atoms with Crippen LogP contribution in [0.1, 0.15) is 12.8 Å². The summed E-state index contributed by atoms with van der Waals surface area (Å²) >= 11 is 9.14. The van der Waals surface area contributed by atoms with Gasteiger partial charge in [0, 0.05) is 23.4 Å². The Morgan fingerprint density at radius 1 is 1.39 bits per heavy atom. The molecule has 0 saturated carbocycles. The van der Waals surface area contributed by atoms with Crippen molar-refractivity contribution in [3.05, 3.63) is 28.7 Å². The first kappa shape index (κ1) is 14.3. The lowest BCUT2D eigenvalue weighted by molar-refractivity contribution is 0.283. The molecule has 1 heterocycles. The van der Waals surface area contributed by atoms with Crippen LogP contribution in [0.3, 0.4) is 0 Å². The van der Waals surface area contributed by atoms with Crippen LogP contribution in [0.15, 0.2) is 33.6 Å². The van der Waals surface area contributed by atoms with Crippen molar-refractivity contribution in [1.29, 1.82) is 0 Å². The molecular weight excluding hydrogens is 338 g/mol. The number of halogens is 2. The van der Waals surface area contributed by atoms with Crippen molar-refractivity contribution >= 4 is 37.6 Å². The van der Waals surface area contributed by atoms with Gasteiger partial charge >= 0.3 is 0 Å². The Morgan fingerprint density at radius 2 is 2.11 bits per heavy atom. The van der Waals surface area contributed by atoms with E-state index in [-0.39, 0.29) is 5.92 Å². The van der Waals surface area contributed by atoms with E-state index in [4.69, 9.17) is 11.6 Å². The molecule has 3 nitrogen and oxygen atoms in total. The summed E-state index contributed by atoms with van der Waals surface area (Å²) in [7, 11) is -3.41. The van der Waals surface area contributed by atoms with Crippen LogP contribution in [0.5, 0.6) is 0 Å². The third-order valence-corrected chi connectivity index (χ3v) is 6.47. The molecule has 1 fully saturated rings. The van der Waals surface area contributed by atoms with Gasteiger partial charge in [-0.25, -0.2) is 8.42 Å². The number of sulfonamides is 1. The number of piperidine rings is 1. The van der Waals surface area contributed by atoms with Gasteiger partial charge in [-0.3, -0.25) is 0 Å². The summed E-state index contributed by atoms with van der Waals surface area (Å²) in [4.78, 5) is 0.334. The normalized spacial score (nSPS) is 22.0. The maximum Gasteiger partial charge on any atom is 0.244 e. The van der Waals surface area contributed by atoms with Gasteiger partial charge in [-0.05, 0) is 46.8 Å². The lowest BCUT2D eigenvalue weighted by Crippen LogP contribution is -2.40. The van der Waals surface area contributed by atoms with Gasteiger partial charge in [-0.1, -0.05) is 12.1 Å². The summed E-state index contributed by atoms with van der Waals surface area (Å²) in [5, 5.41) is 0. The summed E-state index contributed by atoms with van der Waals surface area (Å²) in [5.41, 5.74) is 0. The third kappa shape index (κ3) is 2.90. The minimum absolute atomic E-state index is 0.262. The van der Waals surface area contributed by atoms with Gasteiger partial charge in [0.2, 0.25) is 10.0 Å². The molecule has 0 aromatic heterocycles. The molecule has 0 radical (unpaired) electrons. The molecule has 0 amide bonds. The van der Waals surface area contributed by atoms with Crippen molar-refractivity contribution < 1.29 is 8.42 Å². The predicted octanol–water partition coefficient (Wildman–Crippen LogP) is 3.09. The molecule has 1 aliphatic rings. The molecule has 1 aliphatic heterocycles. The van der Waals surface area contributed by atoms with E-state index >= 15 is 0 Å². The van der Waals surface area contributed by atoms with Gasteiger partial charge in [0.1, 0.15) is 0 Å². The van der Waals surface area contributed by atoms with E-state index in [2.05, 4.69) is 15.9 Å². The summed E-state index contributed by atoms with van der Waals surface area (Å²) in [6.07, 6.45) is 1.88. The largest absolute Gasteiger partial charge is 0.244 e. The highest BCUT2D eigenvalue weighted by molar-refractivity contribution is 9.10. The predicted molar refractivity (Wildman–Crippen MR) is 76.3 cm³/mol. The molecule has 0 bridgehead atoms. The minimum atomic E-state index is -3.41. The van der Waals surface area contributed by atoms with E-state index in [1.807, 2.05) is 0 Å². The van der Waals surface area contributed by atoms with Crippen molar-refractivity contribution in [2.75, 3.05) is 19.0 Å². The fraction of sp³-hybridized carbons (Fsp3) is 0.500. The van der Waals surface area contributed by atoms with Gasteiger partial charge in [0.25, 0.3) is 0 Å². The number of hydrogen-bond donors (Lipinski definition) is 0. The first-order valence-electron chi connectivity index (χ1n) is 5.86. The maximum atomic E-state index is 12.5. The molecule has 1 aromatic carbocycles. The summed E-state index contributed by atoms with van der Waals surface area (Å²) in [6.45, 7) is 1.10. The number of hydrogen-bond acceptors (Lipinski definition) is 2. The van der Waals surface area contributed by atoms with E-state index in [1.165, 1.54) is 0 Å². The van der Waals surface area contributed by atoms with Gasteiger partial charge in [-0.2, -0.15) is 4.31 Å². The summed E-state index contributed by atoms with van der Waals surface area (Å²) in [5.74, 6) is 0.778. The standard InChI is InChI=1S/C12H15BrClNO2S/c13-11-5-1-2-6-12(11)18(16,17)15-7-3-4-10(8-14)9-15/h1-2,5-6,10H,3-4,7-9H2. The number of nitrogens with zero attached hydrogens (tertiary/aromatic N) is 1. The Kier molecular flexibility index (Phi) is 4.69. The zero-order valence-corrected chi connectivity index (χ0v) is 13.0. The van der Waals surface area contributed by atoms with Crippen LogP contribution in [0, 0.1) is 5.92 Å². The Balaban J connectivity index is 2.29. The molecule has 1 aromatic rings. The zero-order chi connectivity index (χ0) is 13.2. The molecule has 0 N–H and O–H groups in total. The van der Waals surface area contributed by atoms with Crippen molar-refractivity contribution in [3.63, 3.8) is 0 Å². The van der Waals surface area contributed by atoms with Gasteiger partial charge in [-0.15, -0.1) is 11.6 Å². The van der Waals surface area contributed by atoms with E-state index < -0.39 is 10.0 Å². The SMILES string of the molecule is O=S(=O)(c1ccccc1Br)N1CCCC(CCl)C1. The van der Waals surface area contributed by atoms with Crippen molar-refractivity contribution in [1.82, 2.24) is 4.31 Å². The average molecular weight is 353 g/mol. The molecule has 6 heteroatoms. The second kappa shape index (κ2) is 5.90. The molecule has 0 spiro atoms. The fourth-order valence-corrected chi connectivity index (χ4v) is 4.93. The second-order valence-corrected chi connectivity index (χ2v) is 7.53. The second-order valence-electron chi connectivity index (χ2n) is 4.46. The average Bonchev–Trinajstić information content (AvgIpc) is 2.39. The Labute approximate surface area is 121 Å². The Morgan fingerprint density at radius 3 is 2.78 bits per heavy atom. The molecule has 1 saturated heterocycles. The number of benzene rings is 1. The summed E-state index contributed by atoms with van der Waals surface area (Å²) < 4.78 is 27.2. The third-order valence-electron chi connectivity index (χ3n) is 3.15. The van der Waals surface area contributed by atoms with E-state index in [0.717, 1.165) is 12.8 Å². The van der Waals surface area contributed by atoms with Crippen molar-refractivity contribution in [2.24, 2.45) is 5.92 Å². The maximum absolute atomic E-state index is 12.5. The van der Waals surface area contributed by atoms with Crippen LogP contribution >= 0.6 is 27.5 Å². The topological polar surface area (TPSA) is 37.4 Å². The summed E-state index contributed by atoms with van der Waals surface area (Å²) in [6, 6.07) is 6.92. The van der Waals surface area contributed by atoms with Crippen LogP contribution in [-0.2, 0) is 10.0 Å². The highest BCUT2D eigenvalue weighted by Gasteiger charge is 2.30. The first-order valence-corrected chi connectivity index (χ1v) is 8.63. The molecule has 0 aliphatic carbocycles. The monoisotopic (exact) mass is 351 g/mol. The fourth-order valence-electron chi connectivity index (χ4n) is 2.16. The van der Waals surface area contributed by atoms with Crippen molar-refractivity contribution in [3.8, 4) is 0 Å². The Hall–Kier alpha value is -0.100. The molecule has 18 heavy (non-hydrogen) atoms. The first-order chi connectivity index (χ1) is 8.55. The van der Waals surface area contributed by atoms with Crippen LogP contribution in [0.4, 0.5) is 0 Å². The minimum Gasteiger partial charge on any atom is -0.207 e. The van der Waals surface area contributed by atoms with Gasteiger partial charge in [0.15, 0.2) is 0 Å². The molecule has 2 rings (SSSR count). The Bertz CT molecular complexity index is 521. The highest BCUT2D eigenvalue weighted by atomic mass is 79.9. The lowest BCUT2D eigenvalue weighted by atomic mass is 10.0. The molecular formula is C12H15BrClNO2S. The quantitative estimate of drug-likeness (QED) is 0.784. The van der Waals surface area contributed by atoms with Crippen LogP contribution < -0.4 is 0 Å². The lowest BCUT2D eigenvalue weighted by Gasteiger charge is -2.31. The van der Waals surface area contributed by atoms with Crippen molar-refractivity contribution in [2.45, 2.75) is 17.7 Å².